The average Bonchev–Trinajstić information content (AvgIpc) is 2.98. The van der Waals surface area contributed by atoms with E-state index in [1.54, 1.807) is 54.7 Å². The van der Waals surface area contributed by atoms with Crippen molar-refractivity contribution in [2.24, 2.45) is 0 Å². The Morgan fingerprint density at radius 1 is 1.12 bits per heavy atom. The molecule has 4 rings (SSSR count). The third-order valence-corrected chi connectivity index (χ3v) is 4.10. The number of aromatic nitrogens is 4. The van der Waals surface area contributed by atoms with Crippen molar-refractivity contribution in [3.63, 3.8) is 0 Å². The monoisotopic (exact) mass is 349 g/mol. The first-order valence-electron chi connectivity index (χ1n) is 8.08. The Kier molecular flexibility index (Phi) is 3.85. The number of H-pyrrole nitrogens is 1. The van der Waals surface area contributed by atoms with Gasteiger partial charge < -0.3 is 10.3 Å². The Balaban J connectivity index is 1.49. The third kappa shape index (κ3) is 2.77. The number of fused-ring (bicyclic) bond motifs is 2. The molecule has 0 fully saturated rings. The first kappa shape index (κ1) is 15.8. The smallest absolute Gasteiger partial charge is 0.349 e. The summed E-state index contributed by atoms with van der Waals surface area (Å²) < 4.78 is 2.72. The van der Waals surface area contributed by atoms with Gasteiger partial charge in [0.15, 0.2) is 5.65 Å². The highest BCUT2D eigenvalue weighted by molar-refractivity contribution is 5.96. The van der Waals surface area contributed by atoms with E-state index in [1.807, 2.05) is 0 Å². The second-order valence-electron chi connectivity index (χ2n) is 5.79. The van der Waals surface area contributed by atoms with Gasteiger partial charge in [-0.2, -0.15) is 0 Å². The molecule has 0 bridgehead atoms. The Bertz CT molecular complexity index is 1230. The van der Waals surface area contributed by atoms with Gasteiger partial charge in [0.05, 0.1) is 6.54 Å². The summed E-state index contributed by atoms with van der Waals surface area (Å²) >= 11 is 0. The Labute approximate surface area is 146 Å². The predicted octanol–water partition coefficient (Wildman–Crippen LogP) is 0.767. The SMILES string of the molecule is O=C(NCCn1nc2ccccn2c1=O)c1cc2ccccc2c(=O)[nH]1. The van der Waals surface area contributed by atoms with Gasteiger partial charge in [-0.05, 0) is 29.7 Å². The first-order chi connectivity index (χ1) is 12.6. The van der Waals surface area contributed by atoms with Crippen molar-refractivity contribution < 1.29 is 4.79 Å². The molecule has 8 heteroatoms. The Hall–Kier alpha value is -3.68. The summed E-state index contributed by atoms with van der Waals surface area (Å²) in [7, 11) is 0. The molecular formula is C18H15N5O3. The fraction of sp³-hybridized carbons (Fsp3) is 0.111. The zero-order valence-electron chi connectivity index (χ0n) is 13.7. The number of carbonyl (C=O) groups is 1. The van der Waals surface area contributed by atoms with E-state index in [9.17, 15) is 14.4 Å². The van der Waals surface area contributed by atoms with Crippen molar-refractivity contribution in [3.8, 4) is 0 Å². The van der Waals surface area contributed by atoms with Crippen molar-refractivity contribution in [2.75, 3.05) is 6.54 Å². The van der Waals surface area contributed by atoms with Crippen LogP contribution in [0.4, 0.5) is 0 Å². The van der Waals surface area contributed by atoms with Gasteiger partial charge in [-0.15, -0.1) is 5.10 Å². The number of nitrogens with one attached hydrogen (secondary N) is 2. The molecule has 3 aromatic heterocycles. The lowest BCUT2D eigenvalue weighted by molar-refractivity contribution is 0.0947. The van der Waals surface area contributed by atoms with Crippen molar-refractivity contribution in [3.05, 3.63) is 81.3 Å². The molecular weight excluding hydrogens is 334 g/mol. The van der Waals surface area contributed by atoms with Crippen molar-refractivity contribution >= 4 is 22.3 Å². The second-order valence-corrected chi connectivity index (χ2v) is 5.79. The van der Waals surface area contributed by atoms with Gasteiger partial charge in [-0.25, -0.2) is 9.48 Å². The maximum Gasteiger partial charge on any atom is 0.350 e. The van der Waals surface area contributed by atoms with Gasteiger partial charge >= 0.3 is 5.69 Å². The molecule has 8 nitrogen and oxygen atoms in total. The van der Waals surface area contributed by atoms with Crippen molar-refractivity contribution in [2.45, 2.75) is 6.54 Å². The maximum absolute atomic E-state index is 12.3. The summed E-state index contributed by atoms with van der Waals surface area (Å²) in [4.78, 5) is 39.1. The molecule has 0 unspecified atom stereocenters. The van der Waals surface area contributed by atoms with Gasteiger partial charge in [0.2, 0.25) is 0 Å². The molecule has 2 N–H and O–H groups in total. The van der Waals surface area contributed by atoms with Crippen LogP contribution in [0.1, 0.15) is 10.5 Å². The number of carbonyl (C=O) groups excluding carboxylic acids is 1. The number of hydrogen-bond acceptors (Lipinski definition) is 4. The van der Waals surface area contributed by atoms with E-state index in [1.165, 1.54) is 9.08 Å². The van der Waals surface area contributed by atoms with Gasteiger partial charge in [0.25, 0.3) is 11.5 Å². The topological polar surface area (TPSA) is 101 Å². The van der Waals surface area contributed by atoms with Crippen LogP contribution in [0.5, 0.6) is 0 Å². The summed E-state index contributed by atoms with van der Waals surface area (Å²) in [6.07, 6.45) is 1.64. The highest BCUT2D eigenvalue weighted by atomic mass is 16.2. The van der Waals surface area contributed by atoms with Gasteiger partial charge in [-0.1, -0.05) is 24.3 Å². The first-order valence-corrected chi connectivity index (χ1v) is 8.08. The molecule has 1 aromatic carbocycles. The lowest BCUT2D eigenvalue weighted by Crippen LogP contribution is -2.32. The van der Waals surface area contributed by atoms with Crippen LogP contribution in [0, 0.1) is 0 Å². The number of hydrogen-bond donors (Lipinski definition) is 2. The number of pyridine rings is 2. The van der Waals surface area contributed by atoms with Crippen LogP contribution >= 0.6 is 0 Å². The summed E-state index contributed by atoms with van der Waals surface area (Å²) in [5.41, 5.74) is 0.137. The van der Waals surface area contributed by atoms with E-state index in [0.29, 0.717) is 16.4 Å². The standard InChI is InChI=1S/C18H15N5O3/c24-16-13-6-2-1-5-12(13)11-14(20-16)17(25)19-8-10-23-18(26)22-9-4-3-7-15(22)21-23/h1-7,9,11H,8,10H2,(H,19,25)(H,20,24). The van der Waals surface area contributed by atoms with Crippen LogP contribution in [0.25, 0.3) is 16.4 Å². The molecule has 0 spiro atoms. The predicted molar refractivity (Wildman–Crippen MR) is 96.4 cm³/mol. The highest BCUT2D eigenvalue weighted by Gasteiger charge is 2.10. The minimum Gasteiger partial charge on any atom is -0.349 e. The van der Waals surface area contributed by atoms with E-state index in [-0.39, 0.29) is 30.0 Å². The average molecular weight is 349 g/mol. The van der Waals surface area contributed by atoms with Crippen LogP contribution in [0.3, 0.4) is 0 Å². The summed E-state index contributed by atoms with van der Waals surface area (Å²) in [5.74, 6) is -0.412. The van der Waals surface area contributed by atoms with E-state index < -0.39 is 5.91 Å². The molecule has 0 aliphatic rings. The highest BCUT2D eigenvalue weighted by Crippen LogP contribution is 2.09. The van der Waals surface area contributed by atoms with Crippen LogP contribution in [-0.2, 0) is 6.54 Å². The van der Waals surface area contributed by atoms with E-state index in [4.69, 9.17) is 0 Å². The lowest BCUT2D eigenvalue weighted by atomic mass is 10.1. The molecule has 0 aliphatic carbocycles. The van der Waals surface area contributed by atoms with Crippen molar-refractivity contribution in [1.82, 2.24) is 24.5 Å². The largest absolute Gasteiger partial charge is 0.350 e. The molecule has 1 amide bonds. The van der Waals surface area contributed by atoms with Crippen LogP contribution in [0.2, 0.25) is 0 Å². The van der Waals surface area contributed by atoms with E-state index >= 15 is 0 Å². The molecule has 3 heterocycles. The second kappa shape index (κ2) is 6.32. The number of benzene rings is 1. The molecule has 0 radical (unpaired) electrons. The third-order valence-electron chi connectivity index (χ3n) is 4.10. The van der Waals surface area contributed by atoms with E-state index in [2.05, 4.69) is 15.4 Å². The van der Waals surface area contributed by atoms with Crippen LogP contribution < -0.4 is 16.6 Å². The zero-order valence-corrected chi connectivity index (χ0v) is 13.7. The van der Waals surface area contributed by atoms with Gasteiger partial charge in [-0.3, -0.25) is 14.0 Å². The fourth-order valence-corrected chi connectivity index (χ4v) is 2.82. The number of amides is 1. The number of aromatic amines is 1. The summed E-state index contributed by atoms with van der Waals surface area (Å²) in [6.45, 7) is 0.432. The molecule has 26 heavy (non-hydrogen) atoms. The quantitative estimate of drug-likeness (QED) is 0.568. The minimum absolute atomic E-state index is 0.177. The molecule has 0 saturated carbocycles. The molecule has 4 aromatic rings. The summed E-state index contributed by atoms with van der Waals surface area (Å²) in [5, 5.41) is 8.11. The van der Waals surface area contributed by atoms with E-state index in [0.717, 1.165) is 0 Å². The molecule has 0 saturated heterocycles. The Morgan fingerprint density at radius 2 is 1.92 bits per heavy atom. The number of rotatable bonds is 4. The molecule has 0 aliphatic heterocycles. The maximum atomic E-state index is 12.3. The van der Waals surface area contributed by atoms with Crippen molar-refractivity contribution in [1.29, 1.82) is 0 Å². The minimum atomic E-state index is -0.412. The number of nitrogens with zero attached hydrogens (tertiary/aromatic N) is 3. The van der Waals surface area contributed by atoms with Crippen LogP contribution in [0.15, 0.2) is 64.3 Å². The zero-order chi connectivity index (χ0) is 18.1. The normalized spacial score (nSPS) is 11.1. The van der Waals surface area contributed by atoms with Crippen LogP contribution in [-0.4, -0.2) is 31.6 Å². The molecule has 0 atom stereocenters. The summed E-state index contributed by atoms with van der Waals surface area (Å²) in [6, 6.07) is 14.0. The fourth-order valence-electron chi connectivity index (χ4n) is 2.82. The Morgan fingerprint density at radius 3 is 2.77 bits per heavy atom. The van der Waals surface area contributed by atoms with Gasteiger partial charge in [0.1, 0.15) is 5.69 Å². The molecule has 130 valence electrons. The van der Waals surface area contributed by atoms with Gasteiger partial charge in [0, 0.05) is 18.1 Å². The lowest BCUT2D eigenvalue weighted by Gasteiger charge is -2.06.